The smallest absolute Gasteiger partial charge is 0.308 e. The van der Waals surface area contributed by atoms with Gasteiger partial charge in [-0.3, -0.25) is 9.59 Å². The second kappa shape index (κ2) is 5.67. The summed E-state index contributed by atoms with van der Waals surface area (Å²) in [5, 5.41) is -0.567. The highest BCUT2D eigenvalue weighted by atomic mass is 32.2. The lowest BCUT2D eigenvalue weighted by molar-refractivity contribution is -0.140. The molecule has 0 saturated carbocycles. The van der Waals surface area contributed by atoms with E-state index < -0.39 is 29.2 Å². The molecule has 0 aliphatic carbocycles. The number of carbonyl (C=O) groups is 2. The molecule has 0 radical (unpaired) electrons. The molecule has 1 aromatic carbocycles. The first-order valence-electron chi connectivity index (χ1n) is 6.03. The third-order valence-corrected chi connectivity index (χ3v) is 3.98. The van der Waals surface area contributed by atoms with E-state index in [-0.39, 0.29) is 23.3 Å². The van der Waals surface area contributed by atoms with Gasteiger partial charge in [-0.1, -0.05) is 17.8 Å². The monoisotopic (exact) mass is 321 g/mol. The lowest BCUT2D eigenvalue weighted by Gasteiger charge is -2.19. The van der Waals surface area contributed by atoms with E-state index >= 15 is 0 Å². The number of amides is 1. The van der Waals surface area contributed by atoms with Crippen molar-refractivity contribution in [3.8, 4) is 0 Å². The summed E-state index contributed by atoms with van der Waals surface area (Å²) in [5.74, 6) is -1.96. The van der Waals surface area contributed by atoms with E-state index in [1.54, 1.807) is 0 Å². The molecule has 1 amide bonds. The molecule has 0 N–H and O–H groups in total. The number of carbonyl (C=O) groups excluding carboxylic acids is 2. The maximum Gasteiger partial charge on any atom is 0.419 e. The van der Waals surface area contributed by atoms with Gasteiger partial charge in [0.2, 0.25) is 5.91 Å². The zero-order valence-corrected chi connectivity index (χ0v) is 11.7. The van der Waals surface area contributed by atoms with Crippen molar-refractivity contribution in [2.75, 3.05) is 11.4 Å². The average molecular weight is 321 g/mol. The van der Waals surface area contributed by atoms with E-state index in [4.69, 9.17) is 0 Å². The molecule has 1 aliphatic rings. The SMILES string of the molecule is CC(=O)SC1CC(=O)N(c2cccc(C(F)(F)F)c2F)C1. The maximum absolute atomic E-state index is 14.0. The molecule has 8 heteroatoms. The van der Waals surface area contributed by atoms with Gasteiger partial charge in [0.05, 0.1) is 11.3 Å². The Hall–Kier alpha value is -1.57. The van der Waals surface area contributed by atoms with Crippen molar-refractivity contribution in [1.82, 2.24) is 0 Å². The fraction of sp³-hybridized carbons (Fsp3) is 0.385. The number of thioether (sulfide) groups is 1. The third kappa shape index (κ3) is 3.37. The summed E-state index contributed by atoms with van der Waals surface area (Å²) >= 11 is 0.934. The molecule has 21 heavy (non-hydrogen) atoms. The van der Waals surface area contributed by atoms with Crippen LogP contribution in [-0.4, -0.2) is 22.8 Å². The van der Waals surface area contributed by atoms with E-state index in [9.17, 15) is 27.2 Å². The molecular formula is C13H11F4NO2S. The second-order valence-electron chi connectivity index (χ2n) is 4.58. The number of hydrogen-bond acceptors (Lipinski definition) is 3. The fourth-order valence-electron chi connectivity index (χ4n) is 2.17. The van der Waals surface area contributed by atoms with Crippen LogP contribution in [0.5, 0.6) is 0 Å². The van der Waals surface area contributed by atoms with Crippen LogP contribution in [0.2, 0.25) is 0 Å². The van der Waals surface area contributed by atoms with Crippen LogP contribution in [0.4, 0.5) is 23.2 Å². The zero-order valence-electron chi connectivity index (χ0n) is 10.9. The molecule has 1 heterocycles. The number of nitrogens with zero attached hydrogens (tertiary/aromatic N) is 1. The molecule has 1 fully saturated rings. The topological polar surface area (TPSA) is 37.4 Å². The van der Waals surface area contributed by atoms with Gasteiger partial charge < -0.3 is 4.90 Å². The second-order valence-corrected chi connectivity index (χ2v) is 6.05. The molecule has 0 aromatic heterocycles. The molecule has 0 spiro atoms. The molecule has 0 bridgehead atoms. The third-order valence-electron chi connectivity index (χ3n) is 3.00. The first-order chi connectivity index (χ1) is 9.70. The van der Waals surface area contributed by atoms with E-state index in [0.29, 0.717) is 6.07 Å². The van der Waals surface area contributed by atoms with Crippen molar-refractivity contribution in [2.45, 2.75) is 24.8 Å². The Kier molecular flexibility index (Phi) is 4.27. The van der Waals surface area contributed by atoms with Crippen LogP contribution in [0.25, 0.3) is 0 Å². The maximum atomic E-state index is 14.0. The van der Waals surface area contributed by atoms with Gasteiger partial charge in [-0.05, 0) is 12.1 Å². The Bertz CT molecular complexity index is 588. The normalized spacial score (nSPS) is 19.2. The summed E-state index contributed by atoms with van der Waals surface area (Å²) in [5.41, 5.74) is -1.81. The number of rotatable bonds is 2. The lowest BCUT2D eigenvalue weighted by atomic mass is 10.1. The Balaban J connectivity index is 2.31. The Morgan fingerprint density at radius 1 is 1.38 bits per heavy atom. The lowest BCUT2D eigenvalue weighted by Crippen LogP contribution is -2.27. The molecule has 1 aromatic rings. The molecule has 1 unspecified atom stereocenters. The Morgan fingerprint density at radius 3 is 2.62 bits per heavy atom. The predicted molar refractivity (Wildman–Crippen MR) is 70.4 cm³/mol. The zero-order chi connectivity index (χ0) is 15.8. The van der Waals surface area contributed by atoms with E-state index in [0.717, 1.165) is 28.8 Å². The van der Waals surface area contributed by atoms with Gasteiger partial charge in [-0.2, -0.15) is 13.2 Å². The van der Waals surface area contributed by atoms with Crippen molar-refractivity contribution in [3.63, 3.8) is 0 Å². The van der Waals surface area contributed by atoms with Crippen LogP contribution in [0.3, 0.4) is 0 Å². The predicted octanol–water partition coefficient (Wildman–Crippen LogP) is 3.23. The standard InChI is InChI=1S/C13H11F4NO2S/c1-7(19)21-8-5-11(20)18(6-8)10-4-2-3-9(12(10)14)13(15,16)17/h2-4,8H,5-6H2,1H3. The van der Waals surface area contributed by atoms with Crippen LogP contribution in [0.15, 0.2) is 18.2 Å². The van der Waals surface area contributed by atoms with Crippen LogP contribution in [0.1, 0.15) is 18.9 Å². The molecule has 114 valence electrons. The largest absolute Gasteiger partial charge is 0.419 e. The number of anilines is 1. The molecule has 1 saturated heterocycles. The Labute approximate surface area is 122 Å². The number of hydrogen-bond donors (Lipinski definition) is 0. The molecule has 1 aliphatic heterocycles. The minimum Gasteiger partial charge on any atom is -0.308 e. The number of alkyl halides is 3. The quantitative estimate of drug-likeness (QED) is 0.785. The van der Waals surface area contributed by atoms with Gasteiger partial charge in [0.1, 0.15) is 0 Å². The van der Waals surface area contributed by atoms with Gasteiger partial charge in [-0.15, -0.1) is 0 Å². The summed E-state index contributed by atoms with van der Waals surface area (Å²) in [7, 11) is 0. The van der Waals surface area contributed by atoms with Crippen molar-refractivity contribution < 1.29 is 27.2 Å². The van der Waals surface area contributed by atoms with Gasteiger partial charge >= 0.3 is 6.18 Å². The fourth-order valence-corrected chi connectivity index (χ4v) is 3.09. The molecule has 3 nitrogen and oxygen atoms in total. The van der Waals surface area contributed by atoms with Crippen LogP contribution < -0.4 is 4.90 Å². The summed E-state index contributed by atoms with van der Waals surface area (Å²) in [6, 6.07) is 2.81. The molecular weight excluding hydrogens is 310 g/mol. The molecule has 2 rings (SSSR count). The van der Waals surface area contributed by atoms with Crippen molar-refractivity contribution in [1.29, 1.82) is 0 Å². The van der Waals surface area contributed by atoms with Gasteiger partial charge in [0.15, 0.2) is 10.9 Å². The summed E-state index contributed by atoms with van der Waals surface area (Å²) < 4.78 is 52.0. The number of benzene rings is 1. The van der Waals surface area contributed by atoms with Crippen molar-refractivity contribution in [2.24, 2.45) is 0 Å². The highest BCUT2D eigenvalue weighted by Gasteiger charge is 2.38. The van der Waals surface area contributed by atoms with E-state index in [1.165, 1.54) is 6.92 Å². The van der Waals surface area contributed by atoms with Crippen LogP contribution in [-0.2, 0) is 15.8 Å². The summed E-state index contributed by atoms with van der Waals surface area (Å²) in [6.45, 7) is 1.35. The Morgan fingerprint density at radius 2 is 2.05 bits per heavy atom. The minimum atomic E-state index is -4.82. The van der Waals surface area contributed by atoms with Crippen LogP contribution >= 0.6 is 11.8 Å². The highest BCUT2D eigenvalue weighted by Crippen LogP contribution is 2.37. The molecule has 1 atom stereocenters. The highest BCUT2D eigenvalue weighted by molar-refractivity contribution is 8.14. The van der Waals surface area contributed by atoms with Crippen molar-refractivity contribution >= 4 is 28.5 Å². The van der Waals surface area contributed by atoms with E-state index in [2.05, 4.69) is 0 Å². The first kappa shape index (κ1) is 15.8. The van der Waals surface area contributed by atoms with Crippen LogP contribution in [0, 0.1) is 5.82 Å². The van der Waals surface area contributed by atoms with Gasteiger partial charge in [0, 0.05) is 25.1 Å². The van der Waals surface area contributed by atoms with Gasteiger partial charge in [-0.25, -0.2) is 4.39 Å². The number of halogens is 4. The van der Waals surface area contributed by atoms with Gasteiger partial charge in [0.25, 0.3) is 0 Å². The van der Waals surface area contributed by atoms with E-state index in [1.807, 2.05) is 0 Å². The summed E-state index contributed by atoms with van der Waals surface area (Å²) in [4.78, 5) is 23.8. The average Bonchev–Trinajstić information content (AvgIpc) is 2.67. The summed E-state index contributed by atoms with van der Waals surface area (Å²) in [6.07, 6.45) is -4.82. The van der Waals surface area contributed by atoms with Crippen molar-refractivity contribution in [3.05, 3.63) is 29.6 Å². The minimum absolute atomic E-state index is 0.0000673. The first-order valence-corrected chi connectivity index (χ1v) is 6.91.